The van der Waals surface area contributed by atoms with Gasteiger partial charge >= 0.3 is 11.9 Å². The van der Waals surface area contributed by atoms with Crippen LogP contribution in [-0.4, -0.2) is 100 Å². The van der Waals surface area contributed by atoms with Crippen LogP contribution in [0.1, 0.15) is 41.0 Å². The molecule has 0 saturated carbocycles. The lowest BCUT2D eigenvalue weighted by atomic mass is 10.2. The van der Waals surface area contributed by atoms with Crippen LogP contribution in [0.2, 0.25) is 0 Å². The number of nitrogens with zero attached hydrogens (tertiary/aromatic N) is 2. The Morgan fingerprint density at radius 2 is 1.04 bits per heavy atom. The fourth-order valence-electron chi connectivity index (χ4n) is 3.43. The summed E-state index contributed by atoms with van der Waals surface area (Å²) in [5.41, 5.74) is 6.36. The molecule has 0 spiro atoms. The Morgan fingerprint density at radius 1 is 0.653 bits per heavy atom. The topological polar surface area (TPSA) is 234 Å². The van der Waals surface area contributed by atoms with Gasteiger partial charge in [-0.15, -0.1) is 0 Å². The second-order valence-electron chi connectivity index (χ2n) is 9.53. The van der Waals surface area contributed by atoms with E-state index in [0.717, 1.165) is 6.42 Å². The summed E-state index contributed by atoms with van der Waals surface area (Å²) in [7, 11) is 0. The van der Waals surface area contributed by atoms with Crippen molar-refractivity contribution in [1.82, 2.24) is 0 Å². The number of nitrogens with two attached hydrogens (primary N) is 1. The van der Waals surface area contributed by atoms with Crippen molar-refractivity contribution < 1.29 is 47.9 Å². The van der Waals surface area contributed by atoms with E-state index in [1.54, 1.807) is 43.3 Å². The van der Waals surface area contributed by atoms with Crippen molar-refractivity contribution in [2.24, 2.45) is 5.73 Å². The molecule has 0 aliphatic carbocycles. The van der Waals surface area contributed by atoms with E-state index in [9.17, 15) is 34.6 Å². The fraction of sp³-hybridized carbons (Fsp3) is 0.531. The molecule has 0 atom stereocenters. The number of carbonyl (C=O) groups excluding carboxylic acids is 3. The maximum Gasteiger partial charge on any atom is 0.310 e. The van der Waals surface area contributed by atoms with E-state index in [-0.39, 0.29) is 24.6 Å². The first kappa shape index (κ1) is 46.6. The molecule has 4 N–H and O–H groups in total. The largest absolute Gasteiger partial charge is 0.394 e. The van der Waals surface area contributed by atoms with Gasteiger partial charge in [-0.25, -0.2) is 0 Å². The number of anilines is 2. The number of hydrogen-bond donors (Lipinski definition) is 3. The lowest BCUT2D eigenvalue weighted by Gasteiger charge is -2.08. The van der Waals surface area contributed by atoms with Crippen LogP contribution in [0, 0.1) is 20.2 Å². The van der Waals surface area contributed by atoms with Crippen LogP contribution in [-0.2, 0) is 38.1 Å². The summed E-state index contributed by atoms with van der Waals surface area (Å²) in [4.78, 5) is 51.1. The molecule has 0 saturated heterocycles. The molecule has 0 radical (unpaired) electrons. The van der Waals surface area contributed by atoms with Crippen molar-refractivity contribution in [3.05, 3.63) is 68.8 Å². The zero-order chi connectivity index (χ0) is 36.0. The third-order valence-corrected chi connectivity index (χ3v) is 5.44. The van der Waals surface area contributed by atoms with Crippen LogP contribution in [0.25, 0.3) is 0 Å². The number of Topliss-reactive ketones (excluding diaryl/α,β-unsaturated/α-hetero) is 1. The van der Waals surface area contributed by atoms with Gasteiger partial charge in [-0.2, -0.15) is 0 Å². The molecule has 2 rings (SSSR count). The van der Waals surface area contributed by atoms with Gasteiger partial charge in [0.05, 0.1) is 56.1 Å². The summed E-state index contributed by atoms with van der Waals surface area (Å²) >= 11 is 0. The van der Waals surface area contributed by atoms with Gasteiger partial charge in [-0.1, -0.05) is 31.7 Å². The van der Waals surface area contributed by atoms with Crippen molar-refractivity contribution in [3.63, 3.8) is 0 Å². The number of carbonyl (C=O) groups is 3. The Hall–Kier alpha value is -4.55. The highest BCUT2D eigenvalue weighted by atomic mass is 16.6. The second kappa shape index (κ2) is 30.8. The Morgan fingerprint density at radius 3 is 1.39 bits per heavy atom. The quantitative estimate of drug-likeness (QED) is 0.0516. The minimum absolute atomic E-state index is 0. The molecule has 0 aliphatic rings. The maximum absolute atomic E-state index is 10.8. The number of ketones is 1. The van der Waals surface area contributed by atoms with Crippen molar-refractivity contribution in [3.8, 4) is 0 Å². The molecule has 0 unspecified atom stereocenters. The van der Waals surface area contributed by atoms with Crippen LogP contribution >= 0.6 is 0 Å². The lowest BCUT2D eigenvalue weighted by Crippen LogP contribution is -2.15. The van der Waals surface area contributed by atoms with Gasteiger partial charge in [-0.3, -0.25) is 29.8 Å². The number of para-hydroxylation sites is 4. The van der Waals surface area contributed by atoms with Crippen molar-refractivity contribution in [2.75, 3.05) is 83.1 Å². The standard InChI is InChI=1S/C15H22N2O5.C12H19N3O4.C4H6O3.CH4/c1-13(18)5-4-9-21-11-12-22-10-8-16-14-6-2-3-7-15(14)17(19)20;13-5-7-18-9-10-19-8-6-14-11-3-1-2-4-12(11)15(16)17;1-3(5)7-4(2)6;/h2-3,6-7,16H,4-5,8-12H2,1H3;1-4,14H,5-10,13H2;1-2H3;1H4. The summed E-state index contributed by atoms with van der Waals surface area (Å²) in [6.07, 6.45) is 1.27. The van der Waals surface area contributed by atoms with Gasteiger partial charge in [0, 0.05) is 58.6 Å². The summed E-state index contributed by atoms with van der Waals surface area (Å²) in [6.45, 7) is 9.30. The summed E-state index contributed by atoms with van der Waals surface area (Å²) in [5, 5.41) is 27.5. The Balaban J connectivity index is 0. The molecule has 17 nitrogen and oxygen atoms in total. The number of rotatable bonds is 22. The minimum atomic E-state index is -0.562. The van der Waals surface area contributed by atoms with E-state index in [1.165, 1.54) is 26.0 Å². The first-order valence-corrected chi connectivity index (χ1v) is 15.1. The molecule has 17 heteroatoms. The van der Waals surface area contributed by atoms with E-state index in [2.05, 4.69) is 15.4 Å². The monoisotopic (exact) mass is 697 g/mol. The maximum atomic E-state index is 10.8. The van der Waals surface area contributed by atoms with Crippen LogP contribution in [0.4, 0.5) is 22.7 Å². The molecule has 0 fully saturated rings. The van der Waals surface area contributed by atoms with Gasteiger partial charge in [0.2, 0.25) is 0 Å². The van der Waals surface area contributed by atoms with E-state index in [1.807, 2.05) is 0 Å². The fourth-order valence-corrected chi connectivity index (χ4v) is 3.43. The second-order valence-corrected chi connectivity index (χ2v) is 9.53. The molecule has 0 aromatic heterocycles. The van der Waals surface area contributed by atoms with Gasteiger partial charge in [-0.05, 0) is 25.5 Å². The van der Waals surface area contributed by atoms with Gasteiger partial charge < -0.3 is 44.8 Å². The Labute approximate surface area is 287 Å². The number of nitro groups is 2. The predicted octanol–water partition coefficient (Wildman–Crippen LogP) is 4.14. The summed E-state index contributed by atoms with van der Waals surface area (Å²) in [6, 6.07) is 13.0. The summed E-state index contributed by atoms with van der Waals surface area (Å²) < 4.78 is 25.1. The normalized spacial score (nSPS) is 9.80. The number of benzene rings is 2. The number of nitrogens with one attached hydrogen (secondary N) is 2. The van der Waals surface area contributed by atoms with Crippen molar-refractivity contribution >= 4 is 40.5 Å². The third-order valence-electron chi connectivity index (χ3n) is 5.44. The average molecular weight is 698 g/mol. The Bertz CT molecular complexity index is 1220. The number of nitro benzene ring substituents is 2. The van der Waals surface area contributed by atoms with Gasteiger partial charge in [0.25, 0.3) is 11.4 Å². The molecule has 2 aromatic rings. The van der Waals surface area contributed by atoms with E-state index in [4.69, 9.17) is 24.7 Å². The van der Waals surface area contributed by atoms with E-state index in [0.29, 0.717) is 90.3 Å². The zero-order valence-corrected chi connectivity index (χ0v) is 27.7. The molecular formula is C32H51N5O12. The smallest absolute Gasteiger partial charge is 0.310 e. The predicted molar refractivity (Wildman–Crippen MR) is 185 cm³/mol. The zero-order valence-electron chi connectivity index (χ0n) is 27.7. The molecule has 0 aliphatic heterocycles. The van der Waals surface area contributed by atoms with Crippen LogP contribution in [0.5, 0.6) is 0 Å². The van der Waals surface area contributed by atoms with Gasteiger partial charge in [0.1, 0.15) is 17.2 Å². The molecule has 0 bridgehead atoms. The first-order valence-electron chi connectivity index (χ1n) is 15.1. The minimum Gasteiger partial charge on any atom is -0.394 e. The van der Waals surface area contributed by atoms with E-state index >= 15 is 0 Å². The third kappa shape index (κ3) is 27.1. The average Bonchev–Trinajstić information content (AvgIpc) is 3.03. The number of esters is 2. The lowest BCUT2D eigenvalue weighted by molar-refractivity contribution is -0.384. The highest BCUT2D eigenvalue weighted by Gasteiger charge is 2.12. The van der Waals surface area contributed by atoms with E-state index < -0.39 is 21.8 Å². The molecule has 0 amide bonds. The van der Waals surface area contributed by atoms with Crippen LogP contribution < -0.4 is 16.4 Å². The molecule has 276 valence electrons. The van der Waals surface area contributed by atoms with Crippen molar-refractivity contribution in [2.45, 2.75) is 41.0 Å². The number of ether oxygens (including phenoxy) is 5. The highest BCUT2D eigenvalue weighted by Crippen LogP contribution is 2.23. The summed E-state index contributed by atoms with van der Waals surface area (Å²) in [5.74, 6) is -0.957. The van der Waals surface area contributed by atoms with Crippen LogP contribution in [0.3, 0.4) is 0 Å². The Kier molecular flexibility index (Phi) is 29.2. The van der Waals surface area contributed by atoms with Gasteiger partial charge in [0.15, 0.2) is 0 Å². The molecular weight excluding hydrogens is 646 g/mol. The number of hydrogen-bond acceptors (Lipinski definition) is 15. The van der Waals surface area contributed by atoms with Crippen LogP contribution in [0.15, 0.2) is 48.5 Å². The molecule has 49 heavy (non-hydrogen) atoms. The highest BCUT2D eigenvalue weighted by molar-refractivity contribution is 5.82. The van der Waals surface area contributed by atoms with Crippen molar-refractivity contribution in [1.29, 1.82) is 0 Å². The first-order chi connectivity index (χ1) is 23.0. The molecule has 2 aromatic carbocycles. The SMILES string of the molecule is C.CC(=O)CCCOCCOCCNc1ccccc1[N+](=O)[O-].CC(=O)OC(C)=O.NCCOCCOCCNc1ccccc1[N+](=O)[O-]. The molecule has 0 heterocycles.